The van der Waals surface area contributed by atoms with Crippen LogP contribution < -0.4 is 15.8 Å². The summed E-state index contributed by atoms with van der Waals surface area (Å²) < 4.78 is 5.15. The molecule has 0 bridgehead atoms. The Morgan fingerprint density at radius 1 is 1.05 bits per heavy atom. The second-order valence-electron chi connectivity index (χ2n) is 4.45. The van der Waals surface area contributed by atoms with E-state index in [1.807, 2.05) is 42.5 Å². The first-order valence-corrected chi connectivity index (χ1v) is 6.32. The lowest BCUT2D eigenvalue weighted by molar-refractivity contribution is 0.415. The summed E-state index contributed by atoms with van der Waals surface area (Å²) in [6.45, 7) is 0. The van der Waals surface area contributed by atoms with Crippen LogP contribution in [0.25, 0.3) is 10.9 Å². The lowest BCUT2D eigenvalue weighted by Crippen LogP contribution is -1.97. The number of ether oxygens (including phenoxy) is 1. The van der Waals surface area contributed by atoms with Crippen LogP contribution in [0.15, 0.2) is 54.7 Å². The van der Waals surface area contributed by atoms with Crippen LogP contribution in [0, 0.1) is 0 Å². The van der Waals surface area contributed by atoms with Crippen LogP contribution >= 0.6 is 0 Å². The average Bonchev–Trinajstić information content (AvgIpc) is 2.49. The predicted molar refractivity (Wildman–Crippen MR) is 82.4 cm³/mol. The van der Waals surface area contributed by atoms with Crippen molar-refractivity contribution in [3.8, 4) is 5.75 Å². The maximum atomic E-state index is 6.03. The molecule has 0 aliphatic rings. The third-order valence-electron chi connectivity index (χ3n) is 3.17. The molecule has 100 valence electrons. The number of rotatable bonds is 3. The molecule has 2 aromatic carbocycles. The van der Waals surface area contributed by atoms with Crippen LogP contribution in [0.1, 0.15) is 0 Å². The van der Waals surface area contributed by atoms with E-state index in [-0.39, 0.29) is 0 Å². The largest absolute Gasteiger partial charge is 0.497 e. The summed E-state index contributed by atoms with van der Waals surface area (Å²) in [4.78, 5) is 4.34. The summed E-state index contributed by atoms with van der Waals surface area (Å²) in [6.07, 6.45) is 1.79. The van der Waals surface area contributed by atoms with Gasteiger partial charge in [-0.1, -0.05) is 6.07 Å². The smallest absolute Gasteiger partial charge is 0.121 e. The fraction of sp³-hybridized carbons (Fsp3) is 0.0625. The molecule has 0 spiro atoms. The van der Waals surface area contributed by atoms with Crippen LogP contribution in [-0.4, -0.2) is 12.1 Å². The molecule has 1 aromatic heterocycles. The number of hydrogen-bond acceptors (Lipinski definition) is 4. The molecule has 3 rings (SSSR count). The number of fused-ring (bicyclic) bond motifs is 1. The van der Waals surface area contributed by atoms with Crippen molar-refractivity contribution < 1.29 is 4.74 Å². The molecule has 20 heavy (non-hydrogen) atoms. The van der Waals surface area contributed by atoms with Gasteiger partial charge < -0.3 is 15.8 Å². The zero-order valence-electron chi connectivity index (χ0n) is 11.1. The van der Waals surface area contributed by atoms with Crippen molar-refractivity contribution in [2.24, 2.45) is 0 Å². The summed E-state index contributed by atoms with van der Waals surface area (Å²) in [6, 6.07) is 15.5. The molecular formula is C16H15N3O. The fourth-order valence-electron chi connectivity index (χ4n) is 2.14. The zero-order chi connectivity index (χ0) is 13.9. The van der Waals surface area contributed by atoms with Crippen LogP contribution in [0.2, 0.25) is 0 Å². The molecule has 0 fully saturated rings. The molecule has 3 N–H and O–H groups in total. The summed E-state index contributed by atoms with van der Waals surface area (Å²) >= 11 is 0. The Labute approximate surface area is 117 Å². The summed E-state index contributed by atoms with van der Waals surface area (Å²) in [5, 5.41) is 4.41. The van der Waals surface area contributed by atoms with Crippen LogP contribution in [-0.2, 0) is 0 Å². The summed E-state index contributed by atoms with van der Waals surface area (Å²) in [7, 11) is 1.62. The molecule has 0 unspecified atom stereocenters. The van der Waals surface area contributed by atoms with E-state index in [4.69, 9.17) is 10.5 Å². The molecule has 0 aliphatic heterocycles. The number of nitrogens with zero attached hydrogens (tertiary/aromatic N) is 1. The van der Waals surface area contributed by atoms with Crippen molar-refractivity contribution in [1.29, 1.82) is 0 Å². The van der Waals surface area contributed by atoms with Gasteiger partial charge in [0.2, 0.25) is 0 Å². The number of nitrogens with one attached hydrogen (secondary N) is 1. The topological polar surface area (TPSA) is 60.2 Å². The zero-order valence-corrected chi connectivity index (χ0v) is 11.1. The van der Waals surface area contributed by atoms with Crippen molar-refractivity contribution in [1.82, 2.24) is 4.98 Å². The SMILES string of the molecule is COc1ccc(Nc2cccc3ncccc23)c(N)c1. The number of nitrogen functional groups attached to an aromatic ring is 1. The first-order chi connectivity index (χ1) is 9.78. The minimum absolute atomic E-state index is 0.644. The van der Waals surface area contributed by atoms with E-state index in [9.17, 15) is 0 Å². The predicted octanol–water partition coefficient (Wildman–Crippen LogP) is 3.57. The van der Waals surface area contributed by atoms with Gasteiger partial charge in [0.1, 0.15) is 5.75 Å². The number of hydrogen-bond donors (Lipinski definition) is 2. The van der Waals surface area contributed by atoms with Gasteiger partial charge in [0, 0.05) is 23.3 Å². The lowest BCUT2D eigenvalue weighted by atomic mass is 10.1. The van der Waals surface area contributed by atoms with Crippen molar-refractivity contribution in [2.75, 3.05) is 18.2 Å². The van der Waals surface area contributed by atoms with Gasteiger partial charge >= 0.3 is 0 Å². The lowest BCUT2D eigenvalue weighted by Gasteiger charge is -2.12. The molecule has 0 radical (unpaired) electrons. The molecule has 3 aromatic rings. The van der Waals surface area contributed by atoms with Gasteiger partial charge in [-0.15, -0.1) is 0 Å². The van der Waals surface area contributed by atoms with E-state index in [0.29, 0.717) is 5.69 Å². The number of aromatic nitrogens is 1. The third-order valence-corrected chi connectivity index (χ3v) is 3.17. The Hall–Kier alpha value is -2.75. The van der Waals surface area contributed by atoms with E-state index in [1.54, 1.807) is 19.4 Å². The number of anilines is 3. The minimum Gasteiger partial charge on any atom is -0.497 e. The molecular weight excluding hydrogens is 250 g/mol. The van der Waals surface area contributed by atoms with E-state index in [0.717, 1.165) is 28.0 Å². The molecule has 4 heteroatoms. The van der Waals surface area contributed by atoms with E-state index in [2.05, 4.69) is 10.3 Å². The van der Waals surface area contributed by atoms with Gasteiger partial charge in [0.25, 0.3) is 0 Å². The average molecular weight is 265 g/mol. The molecule has 0 saturated carbocycles. The van der Waals surface area contributed by atoms with Gasteiger partial charge in [-0.3, -0.25) is 4.98 Å². The van der Waals surface area contributed by atoms with E-state index < -0.39 is 0 Å². The van der Waals surface area contributed by atoms with Crippen molar-refractivity contribution >= 4 is 28.0 Å². The number of benzene rings is 2. The number of methoxy groups -OCH3 is 1. The van der Waals surface area contributed by atoms with Crippen LogP contribution in [0.4, 0.5) is 17.1 Å². The Morgan fingerprint density at radius 2 is 1.95 bits per heavy atom. The molecule has 0 saturated heterocycles. The first kappa shape index (κ1) is 12.3. The highest BCUT2D eigenvalue weighted by molar-refractivity contribution is 5.94. The monoisotopic (exact) mass is 265 g/mol. The Balaban J connectivity index is 2.01. The Morgan fingerprint density at radius 3 is 2.75 bits per heavy atom. The van der Waals surface area contributed by atoms with E-state index in [1.165, 1.54) is 0 Å². The van der Waals surface area contributed by atoms with Crippen molar-refractivity contribution in [3.05, 3.63) is 54.7 Å². The molecule has 0 aliphatic carbocycles. The highest BCUT2D eigenvalue weighted by Crippen LogP contribution is 2.30. The quantitative estimate of drug-likeness (QED) is 0.711. The highest BCUT2D eigenvalue weighted by Gasteiger charge is 2.05. The molecule has 1 heterocycles. The number of pyridine rings is 1. The van der Waals surface area contributed by atoms with Gasteiger partial charge in [-0.2, -0.15) is 0 Å². The second-order valence-corrected chi connectivity index (χ2v) is 4.45. The molecule has 0 amide bonds. The van der Waals surface area contributed by atoms with Gasteiger partial charge in [-0.25, -0.2) is 0 Å². The maximum Gasteiger partial charge on any atom is 0.121 e. The molecule has 4 nitrogen and oxygen atoms in total. The summed E-state index contributed by atoms with van der Waals surface area (Å²) in [5.41, 5.74) is 9.45. The molecule has 0 atom stereocenters. The normalized spacial score (nSPS) is 10.4. The van der Waals surface area contributed by atoms with E-state index >= 15 is 0 Å². The van der Waals surface area contributed by atoms with Crippen molar-refractivity contribution in [3.63, 3.8) is 0 Å². The standard InChI is InChI=1S/C16H15N3O/c1-20-11-7-8-16(13(17)10-11)19-15-6-2-5-14-12(15)4-3-9-18-14/h2-10,19H,17H2,1H3. The summed E-state index contributed by atoms with van der Waals surface area (Å²) in [5.74, 6) is 0.743. The first-order valence-electron chi connectivity index (χ1n) is 6.32. The second kappa shape index (κ2) is 5.09. The third kappa shape index (κ3) is 2.23. The fourth-order valence-corrected chi connectivity index (χ4v) is 2.14. The Kier molecular flexibility index (Phi) is 3.13. The van der Waals surface area contributed by atoms with Crippen LogP contribution in [0.5, 0.6) is 5.75 Å². The van der Waals surface area contributed by atoms with Gasteiger partial charge in [0.05, 0.1) is 24.0 Å². The van der Waals surface area contributed by atoms with Gasteiger partial charge in [0.15, 0.2) is 0 Å². The van der Waals surface area contributed by atoms with Crippen molar-refractivity contribution in [2.45, 2.75) is 0 Å². The van der Waals surface area contributed by atoms with Gasteiger partial charge in [-0.05, 0) is 36.4 Å². The number of nitrogens with two attached hydrogens (primary N) is 1. The maximum absolute atomic E-state index is 6.03. The Bertz CT molecular complexity index is 750. The minimum atomic E-state index is 0.644. The highest BCUT2D eigenvalue weighted by atomic mass is 16.5. The van der Waals surface area contributed by atoms with Crippen LogP contribution in [0.3, 0.4) is 0 Å².